The molecule has 0 atom stereocenters. The van der Waals surface area contributed by atoms with E-state index in [-0.39, 0.29) is 11.8 Å². The molecule has 3 heterocycles. The molecule has 0 spiro atoms. The van der Waals surface area contributed by atoms with E-state index < -0.39 is 10.0 Å². The molecule has 7 nitrogen and oxygen atoms in total. The molecule has 0 bridgehead atoms. The van der Waals surface area contributed by atoms with E-state index in [4.69, 9.17) is 0 Å². The average molecular weight is 487 g/mol. The minimum atomic E-state index is -3.48. The molecule has 4 rings (SSSR count). The van der Waals surface area contributed by atoms with E-state index in [9.17, 15) is 13.2 Å². The van der Waals surface area contributed by atoms with Crippen LogP contribution in [0.5, 0.6) is 0 Å². The van der Waals surface area contributed by atoms with Crippen molar-refractivity contribution in [2.24, 2.45) is 5.92 Å². The first-order valence-corrected chi connectivity index (χ1v) is 12.6. The number of halogens is 1. The zero-order valence-corrected chi connectivity index (χ0v) is 18.6. The van der Waals surface area contributed by atoms with Crippen molar-refractivity contribution in [3.63, 3.8) is 0 Å². The fourth-order valence-corrected chi connectivity index (χ4v) is 7.64. The Labute approximate surface area is 177 Å². The molecule has 2 fully saturated rings. The van der Waals surface area contributed by atoms with Crippen LogP contribution in [-0.2, 0) is 14.8 Å². The number of nitrogens with zero attached hydrogens (tertiary/aromatic N) is 3. The van der Waals surface area contributed by atoms with Crippen LogP contribution in [0.3, 0.4) is 0 Å². The van der Waals surface area contributed by atoms with Gasteiger partial charge in [-0.05, 0) is 53.7 Å². The highest BCUT2D eigenvalue weighted by atomic mass is 79.9. The first-order chi connectivity index (χ1) is 13.4. The number of amides is 1. The molecule has 10 heteroatoms. The Balaban J connectivity index is 1.36. The van der Waals surface area contributed by atoms with E-state index in [1.807, 2.05) is 10.7 Å². The lowest BCUT2D eigenvalue weighted by Gasteiger charge is -2.30. The highest BCUT2D eigenvalue weighted by Crippen LogP contribution is 2.33. The Hall–Kier alpha value is -1.23. The van der Waals surface area contributed by atoms with E-state index in [2.05, 4.69) is 26.3 Å². The predicted octanol–water partition coefficient (Wildman–Crippen LogP) is 3.86. The van der Waals surface area contributed by atoms with Gasteiger partial charge in [-0.15, -0.1) is 11.3 Å². The standard InChI is InChI=1S/C18H23BrN4O3S2/c19-15-5-6-17(27-15)28(25,26)22-11-8-13(9-12-22)18(24)21-16-7-10-20-23(16)14-3-1-2-4-14/h5-7,10,13-14H,1-4,8-9,11-12H2,(H,21,24). The zero-order valence-electron chi connectivity index (χ0n) is 15.4. The molecule has 0 radical (unpaired) electrons. The molecule has 1 amide bonds. The van der Waals surface area contributed by atoms with Gasteiger partial charge < -0.3 is 5.32 Å². The summed E-state index contributed by atoms with van der Waals surface area (Å²) in [6, 6.07) is 5.56. The summed E-state index contributed by atoms with van der Waals surface area (Å²) in [5.74, 6) is 0.513. The van der Waals surface area contributed by atoms with E-state index in [1.165, 1.54) is 28.5 Å². The molecule has 1 N–H and O–H groups in total. The second kappa shape index (κ2) is 8.25. The number of sulfonamides is 1. The summed E-state index contributed by atoms with van der Waals surface area (Å²) in [5.41, 5.74) is 0. The van der Waals surface area contributed by atoms with Gasteiger partial charge in [-0.2, -0.15) is 9.40 Å². The number of aromatic nitrogens is 2. The summed E-state index contributed by atoms with van der Waals surface area (Å²) in [7, 11) is -3.48. The third-order valence-electron chi connectivity index (χ3n) is 5.56. The smallest absolute Gasteiger partial charge is 0.252 e. The minimum Gasteiger partial charge on any atom is -0.311 e. The van der Waals surface area contributed by atoms with Crippen molar-refractivity contribution < 1.29 is 13.2 Å². The molecule has 1 saturated heterocycles. The van der Waals surface area contributed by atoms with Crippen molar-refractivity contribution in [2.75, 3.05) is 18.4 Å². The lowest BCUT2D eigenvalue weighted by atomic mass is 9.97. The third-order valence-corrected chi connectivity index (χ3v) is 9.55. The van der Waals surface area contributed by atoms with Crippen molar-refractivity contribution >= 4 is 49.0 Å². The molecule has 0 aromatic carbocycles. The third kappa shape index (κ3) is 4.05. The number of hydrogen-bond donors (Lipinski definition) is 1. The number of nitrogens with one attached hydrogen (secondary N) is 1. The number of carbonyl (C=O) groups excluding carboxylic acids is 1. The van der Waals surface area contributed by atoms with Crippen molar-refractivity contribution in [3.8, 4) is 0 Å². The molecule has 1 aliphatic heterocycles. The SMILES string of the molecule is O=C(Nc1ccnn1C1CCCC1)C1CCN(S(=O)(=O)c2ccc(Br)s2)CC1. The number of thiophene rings is 1. The van der Waals surface area contributed by atoms with Gasteiger partial charge in [0, 0.05) is 25.1 Å². The highest BCUT2D eigenvalue weighted by molar-refractivity contribution is 9.11. The van der Waals surface area contributed by atoms with Crippen LogP contribution < -0.4 is 5.32 Å². The largest absolute Gasteiger partial charge is 0.311 e. The summed E-state index contributed by atoms with van der Waals surface area (Å²) in [6.45, 7) is 0.718. The van der Waals surface area contributed by atoms with Crippen molar-refractivity contribution in [1.29, 1.82) is 0 Å². The van der Waals surface area contributed by atoms with Gasteiger partial charge in [-0.1, -0.05) is 12.8 Å². The summed E-state index contributed by atoms with van der Waals surface area (Å²) < 4.78 is 30.0. The zero-order chi connectivity index (χ0) is 19.7. The van der Waals surface area contributed by atoms with Gasteiger partial charge in [0.1, 0.15) is 10.0 Å². The predicted molar refractivity (Wildman–Crippen MR) is 112 cm³/mol. The topological polar surface area (TPSA) is 84.3 Å². The van der Waals surface area contributed by atoms with Crippen LogP contribution in [0.2, 0.25) is 0 Å². The van der Waals surface area contributed by atoms with Gasteiger partial charge in [0.05, 0.1) is 16.0 Å². The Morgan fingerprint density at radius 1 is 1.14 bits per heavy atom. The molecule has 2 aromatic rings. The van der Waals surface area contributed by atoms with E-state index in [1.54, 1.807) is 18.3 Å². The molecule has 0 unspecified atom stereocenters. The number of piperidine rings is 1. The lowest BCUT2D eigenvalue weighted by molar-refractivity contribution is -0.121. The van der Waals surface area contributed by atoms with E-state index in [0.717, 1.165) is 22.4 Å². The van der Waals surface area contributed by atoms with Crippen molar-refractivity contribution in [1.82, 2.24) is 14.1 Å². The monoisotopic (exact) mass is 486 g/mol. The van der Waals surface area contributed by atoms with Crippen LogP contribution >= 0.6 is 27.3 Å². The maximum atomic E-state index is 12.7. The summed E-state index contributed by atoms with van der Waals surface area (Å²) in [4.78, 5) is 12.7. The lowest BCUT2D eigenvalue weighted by Crippen LogP contribution is -2.41. The Morgan fingerprint density at radius 2 is 1.86 bits per heavy atom. The molecule has 2 aromatic heterocycles. The van der Waals surface area contributed by atoms with Crippen molar-refractivity contribution in [3.05, 3.63) is 28.2 Å². The fraction of sp³-hybridized carbons (Fsp3) is 0.556. The summed E-state index contributed by atoms with van der Waals surface area (Å²) >= 11 is 4.52. The van der Waals surface area contributed by atoms with Crippen LogP contribution in [0.1, 0.15) is 44.6 Å². The van der Waals surface area contributed by atoms with Gasteiger partial charge in [-0.25, -0.2) is 13.1 Å². The van der Waals surface area contributed by atoms with E-state index >= 15 is 0 Å². The Bertz CT molecular complexity index is 942. The Morgan fingerprint density at radius 3 is 2.50 bits per heavy atom. The molecular formula is C18H23BrN4O3S2. The maximum Gasteiger partial charge on any atom is 0.252 e. The first-order valence-electron chi connectivity index (χ1n) is 9.55. The van der Waals surface area contributed by atoms with Gasteiger partial charge in [0.15, 0.2) is 0 Å². The van der Waals surface area contributed by atoms with Crippen LogP contribution in [0.4, 0.5) is 5.82 Å². The number of hydrogen-bond acceptors (Lipinski definition) is 5. The molecule has 1 saturated carbocycles. The van der Waals surface area contributed by atoms with Gasteiger partial charge in [0.25, 0.3) is 10.0 Å². The highest BCUT2D eigenvalue weighted by Gasteiger charge is 2.33. The second-order valence-corrected chi connectivity index (χ2v) is 12.0. The second-order valence-electron chi connectivity index (χ2n) is 7.33. The quantitative estimate of drug-likeness (QED) is 0.694. The molecular weight excluding hydrogens is 464 g/mol. The van der Waals surface area contributed by atoms with Gasteiger partial charge in [0.2, 0.25) is 5.91 Å². The van der Waals surface area contributed by atoms with Crippen LogP contribution in [0.25, 0.3) is 0 Å². The van der Waals surface area contributed by atoms with Crippen LogP contribution in [0, 0.1) is 5.92 Å². The number of rotatable bonds is 5. The van der Waals surface area contributed by atoms with E-state index in [0.29, 0.717) is 36.2 Å². The summed E-state index contributed by atoms with van der Waals surface area (Å²) in [6.07, 6.45) is 7.36. The number of anilines is 1. The van der Waals surface area contributed by atoms with Gasteiger partial charge >= 0.3 is 0 Å². The summed E-state index contributed by atoms with van der Waals surface area (Å²) in [5, 5.41) is 7.40. The molecule has 28 heavy (non-hydrogen) atoms. The fourth-order valence-electron chi connectivity index (χ4n) is 4.00. The van der Waals surface area contributed by atoms with Gasteiger partial charge in [-0.3, -0.25) is 4.79 Å². The normalized spacial score (nSPS) is 19.9. The maximum absolute atomic E-state index is 12.7. The minimum absolute atomic E-state index is 0.0457. The van der Waals surface area contributed by atoms with Crippen molar-refractivity contribution in [2.45, 2.75) is 48.8 Å². The van der Waals surface area contributed by atoms with Crippen LogP contribution in [-0.4, -0.2) is 41.5 Å². The molecule has 2 aliphatic rings. The average Bonchev–Trinajstić information content (AvgIpc) is 3.43. The van der Waals surface area contributed by atoms with Crippen LogP contribution in [0.15, 0.2) is 32.4 Å². The number of carbonyl (C=O) groups is 1. The molecule has 152 valence electrons. The first kappa shape index (κ1) is 20.1. The molecule has 1 aliphatic carbocycles. The Kier molecular flexibility index (Phi) is 5.91.